The van der Waals surface area contributed by atoms with Crippen molar-refractivity contribution in [2.45, 2.75) is 26.8 Å². The summed E-state index contributed by atoms with van der Waals surface area (Å²) in [4.78, 5) is 20.7. The van der Waals surface area contributed by atoms with Gasteiger partial charge in [0.1, 0.15) is 12.2 Å². The molecule has 7 nitrogen and oxygen atoms in total. The van der Waals surface area contributed by atoms with E-state index in [0.29, 0.717) is 22.8 Å². The zero-order valence-corrected chi connectivity index (χ0v) is 12.0. The summed E-state index contributed by atoms with van der Waals surface area (Å²) in [5.74, 6) is 1.09. The second kappa shape index (κ2) is 5.43. The van der Waals surface area contributed by atoms with Crippen LogP contribution in [-0.2, 0) is 13.0 Å². The van der Waals surface area contributed by atoms with Crippen molar-refractivity contribution in [3.05, 3.63) is 42.5 Å². The Balaban J connectivity index is 1.85. The van der Waals surface area contributed by atoms with Crippen LogP contribution < -0.4 is 0 Å². The molecule has 0 saturated heterocycles. The van der Waals surface area contributed by atoms with Crippen molar-refractivity contribution in [3.63, 3.8) is 0 Å². The first-order valence-electron chi connectivity index (χ1n) is 6.82. The van der Waals surface area contributed by atoms with E-state index in [1.165, 1.54) is 6.33 Å². The van der Waals surface area contributed by atoms with Gasteiger partial charge in [-0.1, -0.05) is 13.8 Å². The lowest BCUT2D eigenvalue weighted by molar-refractivity contribution is 0.0990. The molecule has 0 radical (unpaired) electrons. The smallest absolute Gasteiger partial charge is 0.174 e. The van der Waals surface area contributed by atoms with Gasteiger partial charge in [-0.15, -0.1) is 0 Å². The van der Waals surface area contributed by atoms with Crippen LogP contribution in [0.2, 0.25) is 0 Å². The molecule has 3 rings (SSSR count). The van der Waals surface area contributed by atoms with Crippen molar-refractivity contribution in [2.75, 3.05) is 0 Å². The lowest BCUT2D eigenvalue weighted by atomic mass is 10.1. The van der Waals surface area contributed by atoms with E-state index in [4.69, 9.17) is 0 Å². The molecule has 0 saturated carbocycles. The fraction of sp³-hybridized carbons (Fsp3) is 0.357. The molecule has 3 aromatic rings. The number of hydrogen-bond donors (Lipinski definition) is 0. The van der Waals surface area contributed by atoms with Crippen molar-refractivity contribution >= 4 is 11.3 Å². The third kappa shape index (κ3) is 2.67. The first kappa shape index (κ1) is 13.4. The molecule has 0 aliphatic rings. The monoisotopic (exact) mass is 284 g/mol. The van der Waals surface area contributed by atoms with Crippen LogP contribution in [0.3, 0.4) is 0 Å². The summed E-state index contributed by atoms with van der Waals surface area (Å²) in [7, 11) is 0. The van der Waals surface area contributed by atoms with E-state index in [1.54, 1.807) is 34.0 Å². The molecule has 0 aromatic carbocycles. The third-order valence-corrected chi connectivity index (χ3v) is 3.18. The third-order valence-electron chi connectivity index (χ3n) is 3.18. The fourth-order valence-electron chi connectivity index (χ4n) is 2.21. The minimum atomic E-state index is -0.0315. The van der Waals surface area contributed by atoms with Crippen LogP contribution in [0.5, 0.6) is 0 Å². The largest absolute Gasteiger partial charge is 0.294 e. The summed E-state index contributed by atoms with van der Waals surface area (Å²) in [5.41, 5.74) is 1.26. The molecule has 0 N–H and O–H groups in total. The number of carbonyl (C=O) groups is 1. The number of carbonyl (C=O) groups excluding carboxylic acids is 1. The molecular formula is C14H16N6O. The minimum Gasteiger partial charge on any atom is -0.294 e. The van der Waals surface area contributed by atoms with Gasteiger partial charge in [0.05, 0.1) is 29.9 Å². The molecule has 0 atom stereocenters. The zero-order valence-electron chi connectivity index (χ0n) is 12.0. The summed E-state index contributed by atoms with van der Waals surface area (Å²) < 4.78 is 3.42. The Bertz CT molecular complexity index is 772. The van der Waals surface area contributed by atoms with Crippen LogP contribution in [0, 0.1) is 5.92 Å². The van der Waals surface area contributed by atoms with Crippen LogP contribution in [0.25, 0.3) is 5.52 Å². The highest BCUT2D eigenvalue weighted by Crippen LogP contribution is 2.12. The molecule has 0 aliphatic heterocycles. The van der Waals surface area contributed by atoms with Gasteiger partial charge in [0, 0.05) is 18.9 Å². The number of ketones is 1. The van der Waals surface area contributed by atoms with Crippen LogP contribution in [0.4, 0.5) is 0 Å². The first-order valence-corrected chi connectivity index (χ1v) is 6.82. The summed E-state index contributed by atoms with van der Waals surface area (Å²) in [6.45, 7) is 4.95. The van der Waals surface area contributed by atoms with Gasteiger partial charge in [-0.05, 0) is 5.92 Å². The Kier molecular flexibility index (Phi) is 3.47. The number of fused-ring (bicyclic) bond motifs is 1. The molecule has 3 heterocycles. The minimum absolute atomic E-state index is 0.0315. The second-order valence-electron chi connectivity index (χ2n) is 5.32. The maximum Gasteiger partial charge on any atom is 0.174 e. The summed E-state index contributed by atoms with van der Waals surface area (Å²) in [5, 5.41) is 8.33. The highest BCUT2D eigenvalue weighted by molar-refractivity contribution is 6.02. The van der Waals surface area contributed by atoms with E-state index in [9.17, 15) is 4.79 Å². The molecule has 0 spiro atoms. The van der Waals surface area contributed by atoms with E-state index < -0.39 is 0 Å². The predicted molar refractivity (Wildman–Crippen MR) is 75.9 cm³/mol. The Morgan fingerprint density at radius 3 is 2.95 bits per heavy atom. The lowest BCUT2D eigenvalue weighted by Crippen LogP contribution is -2.14. The van der Waals surface area contributed by atoms with Gasteiger partial charge in [-0.2, -0.15) is 10.2 Å². The number of nitrogens with zero attached hydrogens (tertiary/aromatic N) is 6. The van der Waals surface area contributed by atoms with E-state index in [-0.39, 0.29) is 12.2 Å². The molecule has 0 amide bonds. The van der Waals surface area contributed by atoms with Gasteiger partial charge in [-0.3, -0.25) is 9.78 Å². The highest BCUT2D eigenvalue weighted by Gasteiger charge is 2.16. The average Bonchev–Trinajstić information content (AvgIpc) is 3.05. The second-order valence-corrected chi connectivity index (χ2v) is 5.32. The van der Waals surface area contributed by atoms with Gasteiger partial charge in [0.15, 0.2) is 5.78 Å². The maximum atomic E-state index is 12.5. The topological polar surface area (TPSA) is 78.0 Å². The normalized spacial score (nSPS) is 11.4. The van der Waals surface area contributed by atoms with Gasteiger partial charge < -0.3 is 0 Å². The first-order chi connectivity index (χ1) is 10.1. The van der Waals surface area contributed by atoms with Crippen LogP contribution in [-0.4, -0.2) is 35.1 Å². The fourth-order valence-corrected chi connectivity index (χ4v) is 2.21. The molecule has 108 valence electrons. The molecule has 0 aliphatic carbocycles. The van der Waals surface area contributed by atoms with Crippen LogP contribution in [0.15, 0.2) is 31.1 Å². The van der Waals surface area contributed by atoms with E-state index >= 15 is 0 Å². The van der Waals surface area contributed by atoms with Gasteiger partial charge in [-0.25, -0.2) is 14.2 Å². The molecule has 21 heavy (non-hydrogen) atoms. The molecule has 0 fully saturated rings. The predicted octanol–water partition coefficient (Wildman–Crippen LogP) is 1.40. The Morgan fingerprint density at radius 1 is 1.29 bits per heavy atom. The molecule has 0 bridgehead atoms. The molecule has 7 heteroatoms. The number of aromatic nitrogens is 6. The van der Waals surface area contributed by atoms with E-state index in [0.717, 1.165) is 6.54 Å². The van der Waals surface area contributed by atoms with Crippen molar-refractivity contribution in [1.82, 2.24) is 29.4 Å². The van der Waals surface area contributed by atoms with Gasteiger partial charge >= 0.3 is 0 Å². The Morgan fingerprint density at radius 2 is 2.14 bits per heavy atom. The molecule has 0 unspecified atom stereocenters. The van der Waals surface area contributed by atoms with Crippen molar-refractivity contribution in [1.29, 1.82) is 0 Å². The van der Waals surface area contributed by atoms with Crippen LogP contribution in [0.1, 0.15) is 30.0 Å². The van der Waals surface area contributed by atoms with Crippen molar-refractivity contribution in [3.8, 4) is 0 Å². The Labute approximate surface area is 121 Å². The average molecular weight is 284 g/mol. The maximum absolute atomic E-state index is 12.5. The highest BCUT2D eigenvalue weighted by atomic mass is 16.1. The standard InChI is InChI=1S/C14H16N6O/c1-10(2)8-20-14(16-9-18-20)5-13(21)11-6-17-19-4-3-15-7-12(11)19/h3-4,6-7,9-10H,5,8H2,1-2H3. The quantitative estimate of drug-likeness (QED) is 0.662. The van der Waals surface area contributed by atoms with Gasteiger partial charge in [0.2, 0.25) is 0 Å². The number of rotatable bonds is 5. The van der Waals surface area contributed by atoms with E-state index in [1.807, 2.05) is 0 Å². The van der Waals surface area contributed by atoms with Crippen LogP contribution >= 0.6 is 0 Å². The SMILES string of the molecule is CC(C)Cn1ncnc1CC(=O)c1cnn2ccncc12. The number of Topliss-reactive ketones (excluding diaryl/α,β-unsaturated/α-hetero) is 1. The van der Waals surface area contributed by atoms with E-state index in [2.05, 4.69) is 34.0 Å². The number of hydrogen-bond acceptors (Lipinski definition) is 5. The zero-order chi connectivity index (χ0) is 14.8. The molecule has 3 aromatic heterocycles. The van der Waals surface area contributed by atoms with Crippen molar-refractivity contribution < 1.29 is 4.79 Å². The summed E-state index contributed by atoms with van der Waals surface area (Å²) in [6, 6.07) is 0. The summed E-state index contributed by atoms with van der Waals surface area (Å²) >= 11 is 0. The van der Waals surface area contributed by atoms with Gasteiger partial charge in [0.25, 0.3) is 0 Å². The lowest BCUT2D eigenvalue weighted by Gasteiger charge is -2.07. The Hall–Kier alpha value is -2.57. The van der Waals surface area contributed by atoms with Crippen molar-refractivity contribution in [2.24, 2.45) is 5.92 Å². The molecular weight excluding hydrogens is 268 g/mol. The summed E-state index contributed by atoms with van der Waals surface area (Å²) in [6.07, 6.45) is 8.26.